The van der Waals surface area contributed by atoms with E-state index < -0.39 is 5.91 Å². The van der Waals surface area contributed by atoms with Crippen LogP contribution in [-0.2, 0) is 9.59 Å². The number of carbonyl (C=O) groups excluding carboxylic acids is 2. The van der Waals surface area contributed by atoms with Crippen molar-refractivity contribution >= 4 is 45.2 Å². The fourth-order valence-electron chi connectivity index (χ4n) is 2.79. The minimum absolute atomic E-state index is 0.0391. The fourth-order valence-corrected chi connectivity index (χ4v) is 3.05. The van der Waals surface area contributed by atoms with Crippen molar-refractivity contribution in [2.45, 2.75) is 0 Å². The average Bonchev–Trinajstić information content (AvgIpc) is 2.83. The smallest absolute Gasteiger partial charge is 0.266 e. The van der Waals surface area contributed by atoms with Gasteiger partial charge in [-0.2, -0.15) is 5.26 Å². The van der Waals surface area contributed by atoms with Crippen LogP contribution in [0.2, 0.25) is 0 Å². The molecule has 2 amide bonds. The highest BCUT2D eigenvalue weighted by atomic mass is 79.9. The van der Waals surface area contributed by atoms with Gasteiger partial charge in [0.25, 0.3) is 11.8 Å². The molecule has 0 aliphatic carbocycles. The molecule has 0 unspecified atom stereocenters. The molecular formula is C25H20BrN3O4. The summed E-state index contributed by atoms with van der Waals surface area (Å²) in [4.78, 5) is 24.5. The van der Waals surface area contributed by atoms with Gasteiger partial charge in [0.15, 0.2) is 6.61 Å². The summed E-state index contributed by atoms with van der Waals surface area (Å²) in [5.74, 6) is 0.188. The number of hydrogen-bond acceptors (Lipinski definition) is 5. The van der Waals surface area contributed by atoms with Crippen LogP contribution in [0.4, 0.5) is 11.4 Å². The highest BCUT2D eigenvalue weighted by Crippen LogP contribution is 2.23. The van der Waals surface area contributed by atoms with E-state index >= 15 is 0 Å². The Labute approximate surface area is 199 Å². The SMILES string of the molecule is COc1ccccc1NC(=O)COc1ccc(/C=C(\C#N)C(=O)Nc2ccc(Br)cc2)cc1. The number of nitriles is 1. The van der Waals surface area contributed by atoms with Crippen molar-refractivity contribution in [3.05, 3.63) is 88.4 Å². The van der Waals surface area contributed by atoms with Crippen LogP contribution in [0.3, 0.4) is 0 Å². The third-order valence-corrected chi connectivity index (χ3v) is 4.94. The zero-order chi connectivity index (χ0) is 23.6. The third-order valence-electron chi connectivity index (χ3n) is 4.41. The van der Waals surface area contributed by atoms with Crippen LogP contribution in [0.1, 0.15) is 5.56 Å². The van der Waals surface area contributed by atoms with Gasteiger partial charge in [0, 0.05) is 10.2 Å². The van der Waals surface area contributed by atoms with Gasteiger partial charge in [0.05, 0.1) is 12.8 Å². The minimum atomic E-state index is -0.506. The number of amides is 2. The number of ether oxygens (including phenoxy) is 2. The van der Waals surface area contributed by atoms with E-state index in [0.29, 0.717) is 28.4 Å². The van der Waals surface area contributed by atoms with Crippen LogP contribution >= 0.6 is 15.9 Å². The number of para-hydroxylation sites is 2. The number of nitrogens with one attached hydrogen (secondary N) is 2. The van der Waals surface area contributed by atoms with Crippen LogP contribution in [-0.4, -0.2) is 25.5 Å². The van der Waals surface area contributed by atoms with Gasteiger partial charge >= 0.3 is 0 Å². The first-order chi connectivity index (χ1) is 16.0. The van der Waals surface area contributed by atoms with Gasteiger partial charge in [-0.3, -0.25) is 9.59 Å². The first kappa shape index (κ1) is 23.6. The van der Waals surface area contributed by atoms with Crippen LogP contribution < -0.4 is 20.1 Å². The number of methoxy groups -OCH3 is 1. The number of hydrogen-bond donors (Lipinski definition) is 2. The Morgan fingerprint density at radius 2 is 1.70 bits per heavy atom. The lowest BCUT2D eigenvalue weighted by Crippen LogP contribution is -2.20. The van der Waals surface area contributed by atoms with E-state index in [-0.39, 0.29) is 18.1 Å². The summed E-state index contributed by atoms with van der Waals surface area (Å²) in [6, 6.07) is 22.7. The molecular weight excluding hydrogens is 486 g/mol. The van der Waals surface area contributed by atoms with Gasteiger partial charge in [-0.15, -0.1) is 0 Å². The second-order valence-corrected chi connectivity index (χ2v) is 7.65. The maximum absolute atomic E-state index is 12.4. The minimum Gasteiger partial charge on any atom is -0.495 e. The molecule has 0 bridgehead atoms. The number of halogens is 1. The highest BCUT2D eigenvalue weighted by Gasteiger charge is 2.10. The Bertz CT molecular complexity index is 1200. The predicted octanol–water partition coefficient (Wildman–Crippen LogP) is 5.02. The van der Waals surface area contributed by atoms with Crippen molar-refractivity contribution in [2.75, 3.05) is 24.4 Å². The lowest BCUT2D eigenvalue weighted by atomic mass is 10.1. The summed E-state index contributed by atoms with van der Waals surface area (Å²) in [6.07, 6.45) is 1.48. The Hall–Kier alpha value is -4.09. The van der Waals surface area contributed by atoms with Crippen molar-refractivity contribution < 1.29 is 19.1 Å². The molecule has 0 heterocycles. The van der Waals surface area contributed by atoms with Gasteiger partial charge in [0.2, 0.25) is 0 Å². The Kier molecular flexibility index (Phi) is 8.22. The van der Waals surface area contributed by atoms with E-state index in [1.165, 1.54) is 13.2 Å². The molecule has 3 rings (SSSR count). The molecule has 0 radical (unpaired) electrons. The van der Waals surface area contributed by atoms with E-state index in [1.54, 1.807) is 66.7 Å². The summed E-state index contributed by atoms with van der Waals surface area (Å²) >= 11 is 3.33. The van der Waals surface area contributed by atoms with Crippen LogP contribution in [0.25, 0.3) is 6.08 Å². The third kappa shape index (κ3) is 6.95. The molecule has 0 saturated carbocycles. The highest BCUT2D eigenvalue weighted by molar-refractivity contribution is 9.10. The summed E-state index contributed by atoms with van der Waals surface area (Å²) in [7, 11) is 1.53. The van der Waals surface area contributed by atoms with E-state index in [0.717, 1.165) is 4.47 Å². The molecule has 0 aromatic heterocycles. The molecule has 33 heavy (non-hydrogen) atoms. The van der Waals surface area contributed by atoms with E-state index in [1.807, 2.05) is 12.1 Å². The first-order valence-electron chi connectivity index (χ1n) is 9.83. The van der Waals surface area contributed by atoms with Crippen LogP contribution in [0.15, 0.2) is 82.8 Å². The second kappa shape index (κ2) is 11.5. The number of benzene rings is 3. The molecule has 7 nitrogen and oxygen atoms in total. The van der Waals surface area contributed by atoms with Crippen molar-refractivity contribution in [1.82, 2.24) is 0 Å². The molecule has 3 aromatic rings. The molecule has 0 saturated heterocycles. The zero-order valence-electron chi connectivity index (χ0n) is 17.7. The molecule has 0 spiro atoms. The molecule has 166 valence electrons. The van der Waals surface area contributed by atoms with Gasteiger partial charge in [0.1, 0.15) is 23.1 Å². The molecule has 2 N–H and O–H groups in total. The number of carbonyl (C=O) groups is 2. The average molecular weight is 506 g/mol. The molecule has 0 aliphatic rings. The summed E-state index contributed by atoms with van der Waals surface area (Å²) < 4.78 is 11.6. The van der Waals surface area contributed by atoms with Crippen molar-refractivity contribution in [3.63, 3.8) is 0 Å². The van der Waals surface area contributed by atoms with Crippen molar-refractivity contribution in [3.8, 4) is 17.6 Å². The maximum Gasteiger partial charge on any atom is 0.266 e. The van der Waals surface area contributed by atoms with E-state index in [4.69, 9.17) is 9.47 Å². The monoisotopic (exact) mass is 505 g/mol. The number of rotatable bonds is 8. The van der Waals surface area contributed by atoms with Gasteiger partial charge in [-0.05, 0) is 60.2 Å². The fraction of sp³-hybridized carbons (Fsp3) is 0.0800. The molecule has 8 heteroatoms. The Morgan fingerprint density at radius 3 is 2.36 bits per heavy atom. The van der Waals surface area contributed by atoms with Crippen molar-refractivity contribution in [2.24, 2.45) is 0 Å². The normalized spacial score (nSPS) is 10.6. The maximum atomic E-state index is 12.4. The largest absolute Gasteiger partial charge is 0.495 e. The molecule has 0 atom stereocenters. The van der Waals surface area contributed by atoms with E-state index in [9.17, 15) is 14.9 Å². The quantitative estimate of drug-likeness (QED) is 0.330. The predicted molar refractivity (Wildman–Crippen MR) is 130 cm³/mol. The standard InChI is InChI=1S/C25H20BrN3O4/c1-32-23-5-3-2-4-22(23)29-24(30)16-33-21-12-6-17(7-13-21)14-18(15-27)25(31)28-20-10-8-19(26)9-11-20/h2-14H,16H2,1H3,(H,28,31)(H,29,30)/b18-14+. The second-order valence-electron chi connectivity index (χ2n) is 6.74. The van der Waals surface area contributed by atoms with E-state index in [2.05, 4.69) is 26.6 Å². The van der Waals surface area contributed by atoms with Gasteiger partial charge in [-0.25, -0.2) is 0 Å². The summed E-state index contributed by atoms with van der Waals surface area (Å²) in [5.41, 5.74) is 1.74. The van der Waals surface area contributed by atoms with Gasteiger partial charge in [-0.1, -0.05) is 40.2 Å². The van der Waals surface area contributed by atoms with Crippen LogP contribution in [0.5, 0.6) is 11.5 Å². The number of anilines is 2. The van der Waals surface area contributed by atoms with Crippen molar-refractivity contribution in [1.29, 1.82) is 5.26 Å². The Morgan fingerprint density at radius 1 is 1.00 bits per heavy atom. The summed E-state index contributed by atoms with van der Waals surface area (Å²) in [5, 5.41) is 14.8. The summed E-state index contributed by atoms with van der Waals surface area (Å²) in [6.45, 7) is -0.188. The molecule has 3 aromatic carbocycles. The van der Waals surface area contributed by atoms with Crippen LogP contribution in [0, 0.1) is 11.3 Å². The lowest BCUT2D eigenvalue weighted by Gasteiger charge is -2.10. The molecule has 0 fully saturated rings. The first-order valence-corrected chi connectivity index (χ1v) is 10.6. The number of nitrogens with zero attached hydrogens (tertiary/aromatic N) is 1. The molecule has 0 aliphatic heterocycles. The van der Waals surface area contributed by atoms with Gasteiger partial charge < -0.3 is 20.1 Å². The Balaban J connectivity index is 1.57. The topological polar surface area (TPSA) is 100 Å². The lowest BCUT2D eigenvalue weighted by molar-refractivity contribution is -0.118. The zero-order valence-corrected chi connectivity index (χ0v) is 19.3.